The minimum absolute atomic E-state index is 0.106. The number of hydrogen-bond acceptors (Lipinski definition) is 3. The number of benzene rings is 2. The Morgan fingerprint density at radius 3 is 2.24 bits per heavy atom. The van der Waals surface area contributed by atoms with Crippen LogP contribution in [0.15, 0.2) is 59.6 Å². The van der Waals surface area contributed by atoms with Crippen molar-refractivity contribution < 1.29 is 4.79 Å². The molecule has 6 nitrogen and oxygen atoms in total. The lowest BCUT2D eigenvalue weighted by Crippen LogP contribution is -2.52. The number of amides is 1. The zero-order chi connectivity index (χ0) is 20.5. The van der Waals surface area contributed by atoms with Crippen LogP contribution < -0.4 is 15.5 Å². The number of para-hydroxylation sites is 1. The van der Waals surface area contributed by atoms with Crippen molar-refractivity contribution in [1.82, 2.24) is 15.5 Å². The molecule has 0 spiro atoms. The van der Waals surface area contributed by atoms with Crippen molar-refractivity contribution in [3.63, 3.8) is 0 Å². The number of rotatable bonds is 6. The van der Waals surface area contributed by atoms with E-state index >= 15 is 0 Å². The van der Waals surface area contributed by atoms with Crippen LogP contribution >= 0.6 is 0 Å². The van der Waals surface area contributed by atoms with Crippen LogP contribution in [0.5, 0.6) is 0 Å². The summed E-state index contributed by atoms with van der Waals surface area (Å²) in [5.74, 6) is 0.752. The molecule has 2 aromatic rings. The highest BCUT2D eigenvalue weighted by Gasteiger charge is 2.21. The lowest BCUT2D eigenvalue weighted by atomic mass is 10.1. The zero-order valence-electron chi connectivity index (χ0n) is 17.4. The van der Waals surface area contributed by atoms with E-state index in [0.29, 0.717) is 12.5 Å². The van der Waals surface area contributed by atoms with Gasteiger partial charge in [0.1, 0.15) is 0 Å². The molecule has 0 bridgehead atoms. The monoisotopic (exact) mass is 393 g/mol. The summed E-state index contributed by atoms with van der Waals surface area (Å²) in [5, 5.41) is 6.46. The molecule has 1 saturated heterocycles. The number of hydrogen-bond donors (Lipinski definition) is 2. The van der Waals surface area contributed by atoms with Crippen LogP contribution in [0, 0.1) is 0 Å². The van der Waals surface area contributed by atoms with Gasteiger partial charge in [0.25, 0.3) is 0 Å². The van der Waals surface area contributed by atoms with Crippen LogP contribution in [0.4, 0.5) is 5.69 Å². The molecule has 6 heteroatoms. The summed E-state index contributed by atoms with van der Waals surface area (Å²) in [6.07, 6.45) is 0.997. The van der Waals surface area contributed by atoms with Crippen LogP contribution in [-0.4, -0.2) is 56.5 Å². The molecule has 1 aliphatic rings. The molecule has 0 radical (unpaired) electrons. The van der Waals surface area contributed by atoms with E-state index in [9.17, 15) is 4.79 Å². The van der Waals surface area contributed by atoms with Crippen LogP contribution in [0.1, 0.15) is 18.1 Å². The van der Waals surface area contributed by atoms with Gasteiger partial charge in [-0.05, 0) is 29.7 Å². The number of guanidine groups is 1. The molecule has 29 heavy (non-hydrogen) atoms. The summed E-state index contributed by atoms with van der Waals surface area (Å²) in [6, 6.07) is 18.7. The Bertz CT molecular complexity index is 813. The van der Waals surface area contributed by atoms with Gasteiger partial charge in [0.15, 0.2) is 5.96 Å². The fourth-order valence-electron chi connectivity index (χ4n) is 3.60. The van der Waals surface area contributed by atoms with Crippen LogP contribution in [-0.2, 0) is 17.8 Å². The highest BCUT2D eigenvalue weighted by Crippen LogP contribution is 2.15. The molecule has 0 unspecified atom stereocenters. The first-order chi connectivity index (χ1) is 14.2. The molecule has 0 aromatic heterocycles. The predicted molar refractivity (Wildman–Crippen MR) is 119 cm³/mol. The van der Waals surface area contributed by atoms with Crippen molar-refractivity contribution in [1.29, 1.82) is 0 Å². The number of carbonyl (C=O) groups is 1. The third kappa shape index (κ3) is 5.73. The second-order valence-corrected chi connectivity index (χ2v) is 7.10. The number of nitrogens with one attached hydrogen (secondary N) is 2. The second kappa shape index (κ2) is 10.5. The molecule has 1 heterocycles. The molecule has 2 N–H and O–H groups in total. The first-order valence-corrected chi connectivity index (χ1v) is 10.3. The molecule has 1 aliphatic heterocycles. The third-order valence-corrected chi connectivity index (χ3v) is 5.33. The lowest BCUT2D eigenvalue weighted by molar-refractivity contribution is -0.130. The van der Waals surface area contributed by atoms with Gasteiger partial charge in [0, 0.05) is 45.5 Å². The smallest absolute Gasteiger partial charge is 0.242 e. The van der Waals surface area contributed by atoms with Crippen molar-refractivity contribution in [2.24, 2.45) is 4.99 Å². The SMILES string of the molecule is CCc1ccccc1CNC(=NC)NCC(=O)N1CCN(c2ccccc2)CC1. The summed E-state index contributed by atoms with van der Waals surface area (Å²) in [6.45, 7) is 6.29. The van der Waals surface area contributed by atoms with Crippen molar-refractivity contribution in [2.75, 3.05) is 44.7 Å². The van der Waals surface area contributed by atoms with Crippen molar-refractivity contribution >= 4 is 17.6 Å². The molecule has 154 valence electrons. The Hall–Kier alpha value is -3.02. The minimum atomic E-state index is 0.106. The Morgan fingerprint density at radius 2 is 1.59 bits per heavy atom. The summed E-state index contributed by atoms with van der Waals surface area (Å²) in [4.78, 5) is 21.1. The molecule has 0 aliphatic carbocycles. The summed E-state index contributed by atoms with van der Waals surface area (Å²) in [5.41, 5.74) is 3.79. The van der Waals surface area contributed by atoms with Gasteiger partial charge in [-0.1, -0.05) is 49.4 Å². The van der Waals surface area contributed by atoms with Crippen molar-refractivity contribution in [3.05, 3.63) is 65.7 Å². The van der Waals surface area contributed by atoms with Gasteiger partial charge < -0.3 is 20.4 Å². The van der Waals surface area contributed by atoms with Crippen molar-refractivity contribution in [2.45, 2.75) is 19.9 Å². The van der Waals surface area contributed by atoms with Gasteiger partial charge in [-0.3, -0.25) is 9.79 Å². The maximum atomic E-state index is 12.6. The fourth-order valence-corrected chi connectivity index (χ4v) is 3.60. The molecular formula is C23H31N5O. The largest absolute Gasteiger partial charge is 0.368 e. The van der Waals surface area contributed by atoms with Crippen molar-refractivity contribution in [3.8, 4) is 0 Å². The Kier molecular flexibility index (Phi) is 7.50. The molecule has 0 atom stereocenters. The van der Waals surface area contributed by atoms with Gasteiger partial charge in [0.2, 0.25) is 5.91 Å². The lowest BCUT2D eigenvalue weighted by Gasteiger charge is -2.36. The van der Waals surface area contributed by atoms with E-state index in [2.05, 4.69) is 57.8 Å². The van der Waals surface area contributed by atoms with E-state index in [1.165, 1.54) is 16.8 Å². The molecule has 1 amide bonds. The average molecular weight is 394 g/mol. The number of nitrogens with zero attached hydrogens (tertiary/aromatic N) is 3. The van der Waals surface area contributed by atoms with E-state index in [-0.39, 0.29) is 12.5 Å². The van der Waals surface area contributed by atoms with E-state index in [0.717, 1.165) is 32.6 Å². The summed E-state index contributed by atoms with van der Waals surface area (Å²) < 4.78 is 0. The van der Waals surface area contributed by atoms with E-state index in [1.807, 2.05) is 29.2 Å². The second-order valence-electron chi connectivity index (χ2n) is 7.10. The maximum Gasteiger partial charge on any atom is 0.242 e. The molecular weight excluding hydrogens is 362 g/mol. The molecule has 2 aromatic carbocycles. The highest BCUT2D eigenvalue weighted by molar-refractivity contribution is 5.86. The fraction of sp³-hybridized carbons (Fsp3) is 0.391. The summed E-state index contributed by atoms with van der Waals surface area (Å²) >= 11 is 0. The number of aryl methyl sites for hydroxylation is 1. The third-order valence-electron chi connectivity index (χ3n) is 5.33. The topological polar surface area (TPSA) is 60.0 Å². The number of aliphatic imine (C=N–C) groups is 1. The minimum Gasteiger partial charge on any atom is -0.368 e. The van der Waals surface area contributed by atoms with Gasteiger partial charge in [0.05, 0.1) is 6.54 Å². The Labute approximate surface area is 173 Å². The predicted octanol–water partition coefficient (Wildman–Crippen LogP) is 2.26. The molecule has 3 rings (SSSR count). The standard InChI is InChI=1S/C23H31N5O/c1-3-19-9-7-8-10-20(19)17-25-23(24-2)26-18-22(29)28-15-13-27(14-16-28)21-11-5-4-6-12-21/h4-12H,3,13-18H2,1-2H3,(H2,24,25,26). The van der Waals surface area contributed by atoms with E-state index < -0.39 is 0 Å². The normalized spacial score (nSPS) is 14.6. The highest BCUT2D eigenvalue weighted by atomic mass is 16.2. The van der Waals surface area contributed by atoms with Gasteiger partial charge >= 0.3 is 0 Å². The number of anilines is 1. The van der Waals surface area contributed by atoms with Crippen LogP contribution in [0.25, 0.3) is 0 Å². The van der Waals surface area contributed by atoms with Gasteiger partial charge in [-0.25, -0.2) is 0 Å². The summed E-state index contributed by atoms with van der Waals surface area (Å²) in [7, 11) is 1.73. The first kappa shape index (κ1) is 20.7. The van der Waals surface area contributed by atoms with E-state index in [1.54, 1.807) is 7.05 Å². The molecule has 1 fully saturated rings. The van der Waals surface area contributed by atoms with Crippen LogP contribution in [0.3, 0.4) is 0 Å². The quantitative estimate of drug-likeness (QED) is 0.584. The maximum absolute atomic E-state index is 12.6. The van der Waals surface area contributed by atoms with E-state index in [4.69, 9.17) is 0 Å². The Morgan fingerprint density at radius 1 is 0.931 bits per heavy atom. The van der Waals surface area contributed by atoms with Gasteiger partial charge in [-0.2, -0.15) is 0 Å². The Balaban J connectivity index is 1.43. The first-order valence-electron chi connectivity index (χ1n) is 10.3. The number of carbonyl (C=O) groups excluding carboxylic acids is 1. The molecule has 0 saturated carbocycles. The zero-order valence-corrected chi connectivity index (χ0v) is 17.4. The number of piperazine rings is 1. The van der Waals surface area contributed by atoms with Crippen LogP contribution in [0.2, 0.25) is 0 Å². The van der Waals surface area contributed by atoms with Gasteiger partial charge in [-0.15, -0.1) is 0 Å². The average Bonchev–Trinajstić information content (AvgIpc) is 2.80.